The minimum Gasteiger partial charge on any atom is -0.497 e. The Morgan fingerprint density at radius 2 is 1.81 bits per heavy atom. The summed E-state index contributed by atoms with van der Waals surface area (Å²) in [5.74, 6) is 1.03. The van der Waals surface area contributed by atoms with E-state index in [0.29, 0.717) is 47.9 Å². The Labute approximate surface area is 280 Å². The maximum absolute atomic E-state index is 13.6. The third-order valence-corrected chi connectivity index (χ3v) is 8.32. The highest BCUT2D eigenvalue weighted by Crippen LogP contribution is 2.31. The number of hydrogen-bond acceptors (Lipinski definition) is 9. The van der Waals surface area contributed by atoms with Crippen molar-refractivity contribution in [2.24, 2.45) is 5.92 Å². The lowest BCUT2D eigenvalue weighted by molar-refractivity contribution is 0.0182. The molecule has 0 bridgehead atoms. The number of aryl methyl sites for hydroxylation is 1. The first-order chi connectivity index (χ1) is 22.2. The number of carbonyl (C=O) groups excluding carboxylic acids is 2. The summed E-state index contributed by atoms with van der Waals surface area (Å²) in [6, 6.07) is 8.52. The minimum atomic E-state index is -0.687. The molecule has 1 fully saturated rings. The number of anilines is 1. The average Bonchev–Trinajstić information content (AvgIpc) is 3.00. The molecule has 3 N–H and O–H groups in total. The number of methoxy groups -OCH3 is 3. The summed E-state index contributed by atoms with van der Waals surface area (Å²) in [5, 5.41) is 3.26. The Kier molecular flexibility index (Phi) is 11.3. The first-order valence-corrected chi connectivity index (χ1v) is 15.8. The van der Waals surface area contributed by atoms with Crippen LogP contribution in [0.1, 0.15) is 67.9 Å². The molecule has 12 nitrogen and oxygen atoms in total. The number of amides is 2. The molecule has 2 aromatic carbocycles. The molecule has 1 aromatic heterocycles. The van der Waals surface area contributed by atoms with Gasteiger partial charge in [0.05, 0.1) is 38.6 Å². The Morgan fingerprint density at radius 3 is 2.45 bits per heavy atom. The Balaban J connectivity index is 1.53. The number of nitrogens with zero attached hydrogens (tertiary/aromatic N) is 3. The number of ether oxygens (including phenoxy) is 4. The van der Waals surface area contributed by atoms with Gasteiger partial charge in [0.25, 0.3) is 11.5 Å². The van der Waals surface area contributed by atoms with Crippen molar-refractivity contribution < 1.29 is 28.5 Å². The third-order valence-electron chi connectivity index (χ3n) is 8.04. The van der Waals surface area contributed by atoms with Crippen LogP contribution in [0.15, 0.2) is 41.5 Å². The number of nitrogens with one attached hydrogen (secondary N) is 1. The van der Waals surface area contributed by atoms with Gasteiger partial charge in [0.15, 0.2) is 0 Å². The zero-order valence-corrected chi connectivity index (χ0v) is 28.8. The summed E-state index contributed by atoms with van der Waals surface area (Å²) in [6.45, 7) is 7.91. The second-order valence-electron chi connectivity index (χ2n) is 12.7. The Bertz CT molecular complexity index is 1650. The predicted octanol–water partition coefficient (Wildman–Crippen LogP) is 5.53. The highest BCUT2D eigenvalue weighted by molar-refractivity contribution is 6.32. The molecule has 3 aromatic rings. The second-order valence-corrected chi connectivity index (χ2v) is 13.1. The van der Waals surface area contributed by atoms with E-state index in [2.05, 4.69) is 10.3 Å². The smallest absolute Gasteiger partial charge is 0.410 e. The summed E-state index contributed by atoms with van der Waals surface area (Å²) in [7, 11) is 4.67. The first-order valence-electron chi connectivity index (χ1n) is 15.5. The highest BCUT2D eigenvalue weighted by atomic mass is 35.5. The normalized spacial score (nSPS) is 16.3. The summed E-state index contributed by atoms with van der Waals surface area (Å²) >= 11 is 6.50. The van der Waals surface area contributed by atoms with E-state index >= 15 is 0 Å². The van der Waals surface area contributed by atoms with Crippen LogP contribution in [0, 0.1) is 12.8 Å². The number of benzene rings is 2. The SMILES string of the molecule is COc1cc(C)c(-n2cnc(N)c(C(=O)N[C@@H]3CCC[C@H](CN(Cc4ccc(OC)cc4OC)C(=O)OC(C)(C)C)C3)c2=O)c(Cl)c1. The molecule has 47 heavy (non-hydrogen) atoms. The molecule has 0 spiro atoms. The molecule has 1 aliphatic rings. The van der Waals surface area contributed by atoms with Crippen molar-refractivity contribution in [1.29, 1.82) is 0 Å². The van der Waals surface area contributed by atoms with E-state index < -0.39 is 23.2 Å². The van der Waals surface area contributed by atoms with Gasteiger partial charge in [-0.15, -0.1) is 0 Å². The van der Waals surface area contributed by atoms with Crippen LogP contribution in [-0.2, 0) is 11.3 Å². The van der Waals surface area contributed by atoms with Crippen LogP contribution in [0.25, 0.3) is 5.69 Å². The molecule has 0 radical (unpaired) electrons. The van der Waals surface area contributed by atoms with Gasteiger partial charge in [-0.3, -0.25) is 14.2 Å². The first kappa shape index (κ1) is 35.4. The van der Waals surface area contributed by atoms with Gasteiger partial charge in [0.1, 0.15) is 40.6 Å². The fraction of sp³-hybridized carbons (Fsp3) is 0.471. The van der Waals surface area contributed by atoms with Crippen molar-refractivity contribution in [2.45, 2.75) is 71.6 Å². The number of hydrogen-bond donors (Lipinski definition) is 2. The van der Waals surface area contributed by atoms with Crippen LogP contribution in [0.5, 0.6) is 17.2 Å². The van der Waals surface area contributed by atoms with Gasteiger partial charge in [-0.1, -0.05) is 18.0 Å². The van der Waals surface area contributed by atoms with Crippen LogP contribution < -0.4 is 30.8 Å². The molecule has 1 aliphatic carbocycles. The topological polar surface area (TPSA) is 147 Å². The van der Waals surface area contributed by atoms with E-state index in [0.717, 1.165) is 18.4 Å². The monoisotopic (exact) mass is 669 g/mol. The van der Waals surface area contributed by atoms with Crippen LogP contribution in [0.2, 0.25) is 5.02 Å². The lowest BCUT2D eigenvalue weighted by atomic mass is 9.85. The molecule has 2 amide bonds. The molecule has 13 heteroatoms. The Morgan fingerprint density at radius 1 is 1.09 bits per heavy atom. The van der Waals surface area contributed by atoms with E-state index in [4.69, 9.17) is 36.3 Å². The summed E-state index contributed by atoms with van der Waals surface area (Å²) in [4.78, 5) is 46.4. The molecule has 4 rings (SSSR count). The van der Waals surface area contributed by atoms with Crippen molar-refractivity contribution in [1.82, 2.24) is 19.8 Å². The predicted molar refractivity (Wildman–Crippen MR) is 180 cm³/mol. The largest absolute Gasteiger partial charge is 0.497 e. The van der Waals surface area contributed by atoms with E-state index in [1.54, 1.807) is 44.2 Å². The van der Waals surface area contributed by atoms with Crippen molar-refractivity contribution in [3.8, 4) is 22.9 Å². The van der Waals surface area contributed by atoms with E-state index in [1.807, 2.05) is 32.9 Å². The van der Waals surface area contributed by atoms with Crippen molar-refractivity contribution in [3.63, 3.8) is 0 Å². The molecule has 0 aliphatic heterocycles. The number of aromatic nitrogens is 2. The van der Waals surface area contributed by atoms with Gasteiger partial charge in [0.2, 0.25) is 0 Å². The lowest BCUT2D eigenvalue weighted by Gasteiger charge is -2.34. The van der Waals surface area contributed by atoms with Crippen molar-refractivity contribution in [3.05, 3.63) is 68.7 Å². The van der Waals surface area contributed by atoms with Gasteiger partial charge in [-0.05, 0) is 76.6 Å². The fourth-order valence-electron chi connectivity index (χ4n) is 5.84. The van der Waals surface area contributed by atoms with Gasteiger partial charge in [-0.2, -0.15) is 0 Å². The zero-order valence-electron chi connectivity index (χ0n) is 28.0. The molecule has 0 saturated heterocycles. The lowest BCUT2D eigenvalue weighted by Crippen LogP contribution is -2.45. The van der Waals surface area contributed by atoms with Gasteiger partial charge in [-0.25, -0.2) is 9.78 Å². The van der Waals surface area contributed by atoms with E-state index in [-0.39, 0.29) is 34.9 Å². The maximum Gasteiger partial charge on any atom is 0.410 e. The van der Waals surface area contributed by atoms with E-state index in [1.165, 1.54) is 18.0 Å². The van der Waals surface area contributed by atoms with Crippen LogP contribution in [-0.4, -0.2) is 66.0 Å². The number of carbonyl (C=O) groups is 2. The van der Waals surface area contributed by atoms with Gasteiger partial charge in [0, 0.05) is 30.3 Å². The minimum absolute atomic E-state index is 0.0504. The van der Waals surface area contributed by atoms with Gasteiger partial charge < -0.3 is 34.9 Å². The van der Waals surface area contributed by atoms with Crippen LogP contribution >= 0.6 is 11.6 Å². The summed E-state index contributed by atoms with van der Waals surface area (Å²) < 4.78 is 23.2. The van der Waals surface area contributed by atoms with Crippen LogP contribution in [0.4, 0.5) is 10.6 Å². The number of nitrogen functional groups attached to an aromatic ring is 1. The number of rotatable bonds is 10. The summed E-state index contributed by atoms with van der Waals surface area (Å²) in [5.41, 5.74) is 6.33. The number of halogens is 1. The molecule has 254 valence electrons. The molecular formula is C34H44ClN5O7. The third kappa shape index (κ3) is 8.68. The Hall–Kier alpha value is -4.45. The molecule has 2 atom stereocenters. The van der Waals surface area contributed by atoms with E-state index in [9.17, 15) is 14.4 Å². The quantitative estimate of drug-likeness (QED) is 0.284. The standard InChI is InChI=1S/C34H44ClN5O7/c1-20-13-25(45-6)15-26(35)29(20)40-19-37-30(36)28(32(40)42)31(41)38-23-10-8-9-21(14-23)17-39(33(43)47-34(2,3)4)18-22-11-12-24(44-5)16-27(22)46-7/h11-13,15-16,19,21,23H,8-10,14,17-18,36H2,1-7H3,(H,38,41)/t21-,23+/m0/s1. The molecule has 0 unspecified atom stereocenters. The number of nitrogens with two attached hydrogens (primary N) is 1. The average molecular weight is 670 g/mol. The summed E-state index contributed by atoms with van der Waals surface area (Å²) in [6.07, 6.45) is 3.77. The molecule has 1 heterocycles. The molecular weight excluding hydrogens is 626 g/mol. The van der Waals surface area contributed by atoms with Crippen LogP contribution in [0.3, 0.4) is 0 Å². The maximum atomic E-state index is 13.6. The van der Waals surface area contributed by atoms with Gasteiger partial charge >= 0.3 is 6.09 Å². The highest BCUT2D eigenvalue weighted by Gasteiger charge is 2.31. The fourth-order valence-corrected chi connectivity index (χ4v) is 6.19. The zero-order chi connectivity index (χ0) is 34.5. The van der Waals surface area contributed by atoms with Crippen molar-refractivity contribution >= 4 is 29.4 Å². The van der Waals surface area contributed by atoms with Crippen molar-refractivity contribution in [2.75, 3.05) is 33.6 Å². The molecule has 1 saturated carbocycles. The second kappa shape index (κ2) is 15.0.